The molecule has 0 amide bonds. The summed E-state index contributed by atoms with van der Waals surface area (Å²) in [5, 5.41) is 0.232. The summed E-state index contributed by atoms with van der Waals surface area (Å²) in [4.78, 5) is 4.08. The minimum Gasteiger partial charge on any atom is -0.428 e. The maximum atomic E-state index is 5.74. The maximum absolute atomic E-state index is 5.74. The van der Waals surface area contributed by atoms with Gasteiger partial charge in [-0.05, 0) is 56.2 Å². The summed E-state index contributed by atoms with van der Waals surface area (Å²) in [6.07, 6.45) is 5.43. The van der Waals surface area contributed by atoms with Crippen molar-refractivity contribution >= 4 is 17.2 Å². The van der Waals surface area contributed by atoms with Crippen LogP contribution in [-0.4, -0.2) is 4.98 Å². The van der Waals surface area contributed by atoms with Crippen LogP contribution in [0.15, 0.2) is 22.6 Å². The molecular formula is C13H16ClNO. The van der Waals surface area contributed by atoms with Gasteiger partial charge in [0.15, 0.2) is 5.76 Å². The Morgan fingerprint density at radius 1 is 1.62 bits per heavy atom. The Labute approximate surface area is 101 Å². The molecule has 0 bridgehead atoms. The van der Waals surface area contributed by atoms with E-state index in [1.165, 1.54) is 11.1 Å². The van der Waals surface area contributed by atoms with Crippen LogP contribution in [0, 0.1) is 12.8 Å². The number of hydrogen-bond donors (Lipinski definition) is 0. The third kappa shape index (κ3) is 2.22. The van der Waals surface area contributed by atoms with E-state index in [1.807, 2.05) is 6.92 Å². The van der Waals surface area contributed by atoms with Crippen molar-refractivity contribution in [2.24, 2.45) is 5.92 Å². The van der Waals surface area contributed by atoms with Crippen LogP contribution in [0.4, 0.5) is 0 Å². The zero-order chi connectivity index (χ0) is 11.7. The first-order chi connectivity index (χ1) is 7.58. The summed E-state index contributed by atoms with van der Waals surface area (Å²) in [6.45, 7) is 8.04. The Bertz CT molecular complexity index is 445. The van der Waals surface area contributed by atoms with Gasteiger partial charge in [-0.2, -0.15) is 0 Å². The fourth-order valence-electron chi connectivity index (χ4n) is 2.15. The molecular weight excluding hydrogens is 222 g/mol. The maximum Gasteiger partial charge on any atom is 0.292 e. The van der Waals surface area contributed by atoms with E-state index < -0.39 is 0 Å². The monoisotopic (exact) mass is 237 g/mol. The largest absolute Gasteiger partial charge is 0.428 e. The average molecular weight is 238 g/mol. The van der Waals surface area contributed by atoms with Crippen molar-refractivity contribution in [1.82, 2.24) is 4.98 Å². The Kier molecular flexibility index (Phi) is 3.20. The van der Waals surface area contributed by atoms with Crippen molar-refractivity contribution in [1.29, 1.82) is 0 Å². The molecule has 0 fully saturated rings. The van der Waals surface area contributed by atoms with E-state index >= 15 is 0 Å². The highest BCUT2D eigenvalue weighted by Gasteiger charge is 2.19. The normalized spacial score (nSPS) is 20.7. The molecule has 1 aliphatic carbocycles. The fraction of sp³-hybridized carbons (Fsp3) is 0.462. The van der Waals surface area contributed by atoms with Gasteiger partial charge < -0.3 is 4.42 Å². The summed E-state index contributed by atoms with van der Waals surface area (Å²) in [5.41, 5.74) is 3.38. The molecule has 0 saturated heterocycles. The summed E-state index contributed by atoms with van der Waals surface area (Å²) >= 11 is 5.74. The molecule has 1 aromatic rings. The molecule has 16 heavy (non-hydrogen) atoms. The van der Waals surface area contributed by atoms with E-state index in [0.717, 1.165) is 30.7 Å². The van der Waals surface area contributed by atoms with E-state index in [-0.39, 0.29) is 5.35 Å². The molecule has 0 spiro atoms. The molecule has 3 heteroatoms. The fourth-order valence-corrected chi connectivity index (χ4v) is 2.35. The van der Waals surface area contributed by atoms with Gasteiger partial charge in [0.05, 0.1) is 5.69 Å². The van der Waals surface area contributed by atoms with E-state index in [0.29, 0.717) is 5.92 Å². The quantitative estimate of drug-likeness (QED) is 0.713. The van der Waals surface area contributed by atoms with Gasteiger partial charge in [-0.25, -0.2) is 4.98 Å². The lowest BCUT2D eigenvalue weighted by atomic mass is 9.85. The highest BCUT2D eigenvalue weighted by Crippen LogP contribution is 2.35. The summed E-state index contributed by atoms with van der Waals surface area (Å²) in [7, 11) is 0. The highest BCUT2D eigenvalue weighted by atomic mass is 35.5. The first-order valence-corrected chi connectivity index (χ1v) is 5.93. The molecule has 1 heterocycles. The van der Waals surface area contributed by atoms with Gasteiger partial charge in [0.1, 0.15) is 0 Å². The van der Waals surface area contributed by atoms with Gasteiger partial charge in [-0.15, -0.1) is 0 Å². The Morgan fingerprint density at radius 2 is 2.38 bits per heavy atom. The van der Waals surface area contributed by atoms with Crippen LogP contribution in [0.25, 0.3) is 5.57 Å². The number of oxazole rings is 1. The van der Waals surface area contributed by atoms with E-state index in [1.54, 1.807) is 0 Å². The number of nitrogens with zero attached hydrogens (tertiary/aromatic N) is 1. The number of aromatic nitrogens is 1. The topological polar surface area (TPSA) is 26.0 Å². The Balaban J connectivity index is 2.19. The lowest BCUT2D eigenvalue weighted by Gasteiger charge is -2.21. The van der Waals surface area contributed by atoms with Crippen LogP contribution in [0.5, 0.6) is 0 Å². The molecule has 0 saturated carbocycles. The summed E-state index contributed by atoms with van der Waals surface area (Å²) < 4.78 is 5.41. The third-order valence-electron chi connectivity index (χ3n) is 3.17. The zero-order valence-corrected chi connectivity index (χ0v) is 10.5. The zero-order valence-electron chi connectivity index (χ0n) is 9.72. The van der Waals surface area contributed by atoms with Crippen molar-refractivity contribution < 1.29 is 4.42 Å². The minimum atomic E-state index is 0.232. The van der Waals surface area contributed by atoms with Crippen molar-refractivity contribution in [2.45, 2.75) is 33.1 Å². The van der Waals surface area contributed by atoms with Gasteiger partial charge in [-0.1, -0.05) is 18.2 Å². The van der Waals surface area contributed by atoms with Gasteiger partial charge in [0.25, 0.3) is 5.35 Å². The molecule has 1 aromatic heterocycles. The molecule has 2 nitrogen and oxygen atoms in total. The first kappa shape index (κ1) is 11.5. The Morgan fingerprint density at radius 3 is 2.81 bits per heavy atom. The predicted molar refractivity (Wildman–Crippen MR) is 66.4 cm³/mol. The number of rotatable bonds is 2. The minimum absolute atomic E-state index is 0.232. The first-order valence-electron chi connectivity index (χ1n) is 5.55. The molecule has 0 aliphatic heterocycles. The van der Waals surface area contributed by atoms with Crippen LogP contribution in [0.2, 0.25) is 5.35 Å². The van der Waals surface area contributed by atoms with Crippen molar-refractivity contribution in [2.75, 3.05) is 0 Å². The van der Waals surface area contributed by atoms with Gasteiger partial charge in [-0.3, -0.25) is 0 Å². The van der Waals surface area contributed by atoms with E-state index in [9.17, 15) is 0 Å². The molecule has 1 unspecified atom stereocenters. The Hall–Kier alpha value is -1.02. The van der Waals surface area contributed by atoms with Crippen LogP contribution in [0.3, 0.4) is 0 Å². The SMILES string of the molecule is C=C(C)C1CC=C(c2oc(Cl)nc2C)CC1. The lowest BCUT2D eigenvalue weighted by Crippen LogP contribution is -2.06. The van der Waals surface area contributed by atoms with Crippen LogP contribution in [0.1, 0.15) is 37.6 Å². The van der Waals surface area contributed by atoms with Crippen molar-refractivity contribution in [3.63, 3.8) is 0 Å². The molecule has 1 aliphatic rings. The third-order valence-corrected chi connectivity index (χ3v) is 3.33. The molecule has 0 radical (unpaired) electrons. The molecule has 0 aromatic carbocycles. The molecule has 2 rings (SSSR count). The number of aryl methyl sites for hydroxylation is 1. The molecule has 1 atom stereocenters. The average Bonchev–Trinajstić information content (AvgIpc) is 2.58. The molecule has 0 N–H and O–H groups in total. The van der Waals surface area contributed by atoms with Gasteiger partial charge in [0, 0.05) is 0 Å². The predicted octanol–water partition coefficient (Wildman–Crippen LogP) is 4.40. The van der Waals surface area contributed by atoms with Gasteiger partial charge in [0.2, 0.25) is 0 Å². The van der Waals surface area contributed by atoms with Gasteiger partial charge >= 0.3 is 0 Å². The van der Waals surface area contributed by atoms with E-state index in [2.05, 4.69) is 24.6 Å². The van der Waals surface area contributed by atoms with Crippen molar-refractivity contribution in [3.8, 4) is 0 Å². The number of allylic oxidation sites excluding steroid dienone is 3. The highest BCUT2D eigenvalue weighted by molar-refractivity contribution is 6.27. The molecule has 86 valence electrons. The summed E-state index contributed by atoms with van der Waals surface area (Å²) in [6, 6.07) is 0. The van der Waals surface area contributed by atoms with Crippen molar-refractivity contribution in [3.05, 3.63) is 35.0 Å². The smallest absolute Gasteiger partial charge is 0.292 e. The summed E-state index contributed by atoms with van der Waals surface area (Å²) in [5.74, 6) is 1.47. The second-order valence-corrected chi connectivity index (χ2v) is 4.75. The van der Waals surface area contributed by atoms with E-state index in [4.69, 9.17) is 16.0 Å². The second kappa shape index (κ2) is 4.46. The van der Waals surface area contributed by atoms with Crippen LogP contribution < -0.4 is 0 Å². The second-order valence-electron chi connectivity index (χ2n) is 4.43. The lowest BCUT2D eigenvalue weighted by molar-refractivity contribution is 0.521. The number of hydrogen-bond acceptors (Lipinski definition) is 2. The van der Waals surface area contributed by atoms with Crippen LogP contribution >= 0.6 is 11.6 Å². The number of halogens is 1. The van der Waals surface area contributed by atoms with Crippen LogP contribution in [-0.2, 0) is 0 Å². The standard InChI is InChI=1S/C13H16ClNO/c1-8(2)10-4-6-11(7-5-10)12-9(3)15-13(14)16-12/h6,10H,1,4-5,7H2,2-3H3.